The maximum atomic E-state index is 13.9. The van der Waals surface area contributed by atoms with Gasteiger partial charge in [-0.3, -0.25) is 8.71 Å². The summed E-state index contributed by atoms with van der Waals surface area (Å²) in [4.78, 5) is 0.0463. The molecular formula is C21H19FN4O3S. The highest BCUT2D eigenvalue weighted by Gasteiger charge is 2.26. The van der Waals surface area contributed by atoms with Gasteiger partial charge < -0.3 is 4.74 Å². The first-order valence-electron chi connectivity index (χ1n) is 9.11. The molecule has 2 heterocycles. The molecule has 4 aromatic rings. The Morgan fingerprint density at radius 2 is 1.87 bits per heavy atom. The Kier molecular flexibility index (Phi) is 5.13. The van der Waals surface area contributed by atoms with Crippen molar-refractivity contribution in [2.24, 2.45) is 0 Å². The third-order valence-electron chi connectivity index (χ3n) is 4.69. The Morgan fingerprint density at radius 1 is 1.07 bits per heavy atom. The van der Waals surface area contributed by atoms with E-state index in [4.69, 9.17) is 4.74 Å². The number of ether oxygens (including phenoxy) is 1. The van der Waals surface area contributed by atoms with Crippen molar-refractivity contribution in [2.75, 3.05) is 11.4 Å². The molecule has 4 rings (SSSR count). The second-order valence-electron chi connectivity index (χ2n) is 6.68. The van der Waals surface area contributed by atoms with Gasteiger partial charge in [0.05, 0.1) is 19.3 Å². The average molecular weight is 426 g/mol. The fourth-order valence-electron chi connectivity index (χ4n) is 3.15. The Hall–Kier alpha value is -3.46. The maximum Gasteiger partial charge on any atom is 0.266 e. The van der Waals surface area contributed by atoms with Crippen molar-refractivity contribution in [1.29, 1.82) is 0 Å². The molecule has 30 heavy (non-hydrogen) atoms. The number of halogens is 1. The van der Waals surface area contributed by atoms with Gasteiger partial charge in [0.1, 0.15) is 22.3 Å². The Bertz CT molecular complexity index is 1320. The molecule has 0 radical (unpaired) electrons. The molecule has 0 spiro atoms. The lowest BCUT2D eigenvalue weighted by molar-refractivity contribution is 0.414. The zero-order valence-corrected chi connectivity index (χ0v) is 17.2. The monoisotopic (exact) mass is 426 g/mol. The van der Waals surface area contributed by atoms with Gasteiger partial charge >= 0.3 is 0 Å². The highest BCUT2D eigenvalue weighted by Crippen LogP contribution is 2.28. The van der Waals surface area contributed by atoms with Gasteiger partial charge in [-0.2, -0.15) is 0 Å². The predicted octanol–water partition coefficient (Wildman–Crippen LogP) is 3.58. The van der Waals surface area contributed by atoms with Crippen LogP contribution in [0.5, 0.6) is 5.75 Å². The number of aryl methyl sites for hydroxylation is 1. The summed E-state index contributed by atoms with van der Waals surface area (Å²) in [6.07, 6.45) is 1.47. The van der Waals surface area contributed by atoms with Gasteiger partial charge in [-0.15, -0.1) is 10.2 Å². The molecule has 0 saturated heterocycles. The standard InChI is InChI=1S/C21H19FN4O3S/c1-15-23-24-21-10-9-20(14-25(15)21)30(27,28)26(18-7-4-6-17(22)12-18)13-16-5-3-8-19(11-16)29-2/h3-12,14H,13H2,1-2H3. The second kappa shape index (κ2) is 7.75. The van der Waals surface area contributed by atoms with Crippen molar-refractivity contribution in [3.8, 4) is 5.75 Å². The van der Waals surface area contributed by atoms with Crippen LogP contribution in [-0.4, -0.2) is 30.1 Å². The minimum atomic E-state index is -4.03. The van der Waals surface area contributed by atoms with E-state index in [0.717, 1.165) is 0 Å². The number of fused-ring (bicyclic) bond motifs is 1. The largest absolute Gasteiger partial charge is 0.497 e. The molecular weight excluding hydrogens is 407 g/mol. The van der Waals surface area contributed by atoms with Gasteiger partial charge in [-0.05, 0) is 55.0 Å². The van der Waals surface area contributed by atoms with Crippen molar-refractivity contribution < 1.29 is 17.5 Å². The highest BCUT2D eigenvalue weighted by molar-refractivity contribution is 7.92. The SMILES string of the molecule is COc1cccc(CN(c2cccc(F)c2)S(=O)(=O)c2ccc3nnc(C)n3c2)c1. The van der Waals surface area contributed by atoms with Crippen molar-refractivity contribution in [2.45, 2.75) is 18.4 Å². The summed E-state index contributed by atoms with van der Waals surface area (Å²) in [6.45, 7) is 1.74. The number of hydrogen-bond donors (Lipinski definition) is 0. The minimum Gasteiger partial charge on any atom is -0.497 e. The second-order valence-corrected chi connectivity index (χ2v) is 8.55. The number of benzene rings is 2. The molecule has 2 aromatic heterocycles. The van der Waals surface area contributed by atoms with Gasteiger partial charge in [0.25, 0.3) is 10.0 Å². The van der Waals surface area contributed by atoms with Crippen LogP contribution in [0.2, 0.25) is 0 Å². The van der Waals surface area contributed by atoms with Crippen LogP contribution in [-0.2, 0) is 16.6 Å². The third kappa shape index (κ3) is 3.71. The molecule has 2 aromatic carbocycles. The van der Waals surface area contributed by atoms with E-state index in [-0.39, 0.29) is 17.1 Å². The van der Waals surface area contributed by atoms with Crippen LogP contribution in [0.4, 0.5) is 10.1 Å². The van der Waals surface area contributed by atoms with E-state index < -0.39 is 15.8 Å². The van der Waals surface area contributed by atoms with Crippen LogP contribution < -0.4 is 9.04 Å². The van der Waals surface area contributed by atoms with E-state index in [0.29, 0.717) is 22.8 Å². The lowest BCUT2D eigenvalue weighted by atomic mass is 10.2. The summed E-state index contributed by atoms with van der Waals surface area (Å²) in [5.41, 5.74) is 1.46. The first-order chi connectivity index (χ1) is 14.4. The molecule has 9 heteroatoms. The molecule has 0 atom stereocenters. The van der Waals surface area contributed by atoms with E-state index in [1.165, 1.54) is 41.9 Å². The molecule has 0 amide bonds. The average Bonchev–Trinajstić information content (AvgIpc) is 3.12. The van der Waals surface area contributed by atoms with E-state index >= 15 is 0 Å². The minimum absolute atomic E-state index is 0.00217. The molecule has 0 bridgehead atoms. The Labute approximate surface area is 173 Å². The van der Waals surface area contributed by atoms with Crippen molar-refractivity contribution in [1.82, 2.24) is 14.6 Å². The molecule has 0 fully saturated rings. The number of anilines is 1. The molecule has 0 aliphatic rings. The highest BCUT2D eigenvalue weighted by atomic mass is 32.2. The zero-order valence-electron chi connectivity index (χ0n) is 16.4. The first-order valence-corrected chi connectivity index (χ1v) is 10.5. The number of pyridine rings is 1. The van der Waals surface area contributed by atoms with E-state index in [1.54, 1.807) is 47.7 Å². The fourth-order valence-corrected chi connectivity index (χ4v) is 4.59. The molecule has 7 nitrogen and oxygen atoms in total. The molecule has 0 aliphatic heterocycles. The third-order valence-corrected chi connectivity index (χ3v) is 6.45. The van der Waals surface area contributed by atoms with Gasteiger partial charge in [0.2, 0.25) is 0 Å². The number of rotatable bonds is 6. The van der Waals surface area contributed by atoms with Crippen LogP contribution in [0.3, 0.4) is 0 Å². The van der Waals surface area contributed by atoms with Crippen molar-refractivity contribution in [3.63, 3.8) is 0 Å². The predicted molar refractivity (Wildman–Crippen MR) is 110 cm³/mol. The quantitative estimate of drug-likeness (QED) is 0.471. The lowest BCUT2D eigenvalue weighted by Gasteiger charge is -2.25. The maximum absolute atomic E-state index is 13.9. The van der Waals surface area contributed by atoms with Crippen LogP contribution in [0.15, 0.2) is 71.8 Å². The van der Waals surface area contributed by atoms with Crippen molar-refractivity contribution >= 4 is 21.4 Å². The number of methoxy groups -OCH3 is 1. The van der Waals surface area contributed by atoms with Crippen LogP contribution in [0.1, 0.15) is 11.4 Å². The number of nitrogens with zero attached hydrogens (tertiary/aromatic N) is 4. The smallest absolute Gasteiger partial charge is 0.266 e. The van der Waals surface area contributed by atoms with Gasteiger partial charge in [0.15, 0.2) is 5.65 Å². The van der Waals surface area contributed by atoms with E-state index in [9.17, 15) is 12.8 Å². The van der Waals surface area contributed by atoms with E-state index in [1.807, 2.05) is 0 Å². The lowest BCUT2D eigenvalue weighted by Crippen LogP contribution is -2.31. The summed E-state index contributed by atoms with van der Waals surface area (Å²) >= 11 is 0. The van der Waals surface area contributed by atoms with Crippen LogP contribution in [0, 0.1) is 12.7 Å². The topological polar surface area (TPSA) is 76.8 Å². The van der Waals surface area contributed by atoms with Gasteiger partial charge in [-0.1, -0.05) is 18.2 Å². The van der Waals surface area contributed by atoms with Gasteiger partial charge in [0, 0.05) is 6.20 Å². The van der Waals surface area contributed by atoms with Crippen LogP contribution >= 0.6 is 0 Å². The number of sulfonamides is 1. The summed E-state index contributed by atoms with van der Waals surface area (Å²) in [7, 11) is -2.49. The van der Waals surface area contributed by atoms with E-state index in [2.05, 4.69) is 10.2 Å². The Morgan fingerprint density at radius 3 is 2.63 bits per heavy atom. The Balaban J connectivity index is 1.83. The molecule has 0 saturated carbocycles. The summed E-state index contributed by atoms with van der Waals surface area (Å²) in [5, 5.41) is 7.95. The van der Waals surface area contributed by atoms with Crippen molar-refractivity contribution in [3.05, 3.63) is 84.1 Å². The summed E-state index contributed by atoms with van der Waals surface area (Å²) in [6, 6.07) is 15.6. The number of hydrogen-bond acceptors (Lipinski definition) is 5. The zero-order chi connectivity index (χ0) is 21.3. The number of aromatic nitrogens is 3. The normalized spacial score (nSPS) is 11.6. The first kappa shape index (κ1) is 19.8. The molecule has 154 valence electrons. The van der Waals surface area contributed by atoms with Gasteiger partial charge in [-0.25, -0.2) is 12.8 Å². The molecule has 0 aliphatic carbocycles. The summed E-state index contributed by atoms with van der Waals surface area (Å²) in [5.74, 6) is 0.640. The fraction of sp³-hybridized carbons (Fsp3) is 0.143. The summed E-state index contributed by atoms with van der Waals surface area (Å²) < 4.78 is 49.1. The van der Waals surface area contributed by atoms with Crippen LogP contribution in [0.25, 0.3) is 5.65 Å². The molecule has 0 unspecified atom stereocenters. The molecule has 0 N–H and O–H groups in total.